The molecule has 0 bridgehead atoms. The fraction of sp³-hybridized carbons (Fsp3) is 0.321. The molecule has 3 aromatic rings. The van der Waals surface area contributed by atoms with E-state index in [0.717, 1.165) is 60.3 Å². The first-order valence-corrected chi connectivity index (χ1v) is 12.0. The standard InChI is InChI=1S/C28H32N2O2S/c1-3-31-27-19-25(13-14-26(27)32-21-24-11-9-22(2)10-12-24)28(33)30-17-15-29(16-18-30)20-23-7-5-4-6-8-23/h4-14,19H,3,15-18,20-21H2,1-2H3. The molecular formula is C28H32N2O2S. The Morgan fingerprint density at radius 1 is 0.818 bits per heavy atom. The van der Waals surface area contributed by atoms with Gasteiger partial charge in [0, 0.05) is 38.3 Å². The molecule has 1 aliphatic rings. The van der Waals surface area contributed by atoms with E-state index in [0.29, 0.717) is 13.2 Å². The van der Waals surface area contributed by atoms with Crippen LogP contribution in [0.3, 0.4) is 0 Å². The number of benzene rings is 3. The van der Waals surface area contributed by atoms with Crippen molar-refractivity contribution in [3.8, 4) is 11.5 Å². The molecule has 1 heterocycles. The van der Waals surface area contributed by atoms with Crippen LogP contribution in [-0.2, 0) is 13.2 Å². The molecule has 1 fully saturated rings. The van der Waals surface area contributed by atoms with Gasteiger partial charge in [-0.15, -0.1) is 0 Å². The first-order valence-electron chi connectivity index (χ1n) is 11.6. The molecular weight excluding hydrogens is 428 g/mol. The highest BCUT2D eigenvalue weighted by Gasteiger charge is 2.21. The van der Waals surface area contributed by atoms with Gasteiger partial charge in [-0.2, -0.15) is 0 Å². The van der Waals surface area contributed by atoms with E-state index in [1.165, 1.54) is 11.1 Å². The number of rotatable bonds is 8. The van der Waals surface area contributed by atoms with Gasteiger partial charge in [0.25, 0.3) is 0 Å². The Morgan fingerprint density at radius 3 is 2.24 bits per heavy atom. The molecule has 172 valence electrons. The topological polar surface area (TPSA) is 24.9 Å². The van der Waals surface area contributed by atoms with Crippen LogP contribution in [0, 0.1) is 6.92 Å². The zero-order chi connectivity index (χ0) is 23.0. The molecule has 3 aromatic carbocycles. The second kappa shape index (κ2) is 11.3. The first-order chi connectivity index (χ1) is 16.1. The van der Waals surface area contributed by atoms with E-state index in [2.05, 4.69) is 71.3 Å². The van der Waals surface area contributed by atoms with Crippen molar-refractivity contribution in [3.63, 3.8) is 0 Å². The van der Waals surface area contributed by atoms with Crippen molar-refractivity contribution in [1.29, 1.82) is 0 Å². The summed E-state index contributed by atoms with van der Waals surface area (Å²) >= 11 is 5.86. The van der Waals surface area contributed by atoms with Gasteiger partial charge in [0.15, 0.2) is 11.5 Å². The average molecular weight is 461 g/mol. The first kappa shape index (κ1) is 23.3. The maximum atomic E-state index is 6.08. The smallest absolute Gasteiger partial charge is 0.161 e. The Bertz CT molecular complexity index is 1050. The lowest BCUT2D eigenvalue weighted by Gasteiger charge is -2.36. The quantitative estimate of drug-likeness (QED) is 0.415. The SMILES string of the molecule is CCOc1cc(C(=S)N2CCN(Cc3ccccc3)CC2)ccc1OCc1ccc(C)cc1. The number of aryl methyl sites for hydroxylation is 1. The van der Waals surface area contributed by atoms with E-state index < -0.39 is 0 Å². The molecule has 4 nitrogen and oxygen atoms in total. The zero-order valence-corrected chi connectivity index (χ0v) is 20.3. The van der Waals surface area contributed by atoms with Crippen molar-refractivity contribution in [2.24, 2.45) is 0 Å². The Morgan fingerprint density at radius 2 is 1.55 bits per heavy atom. The van der Waals surface area contributed by atoms with Crippen molar-refractivity contribution in [2.45, 2.75) is 27.0 Å². The zero-order valence-electron chi connectivity index (χ0n) is 19.5. The van der Waals surface area contributed by atoms with E-state index in [1.54, 1.807) is 0 Å². The van der Waals surface area contributed by atoms with Crippen molar-refractivity contribution in [1.82, 2.24) is 9.80 Å². The Labute approximate surface area is 202 Å². The molecule has 0 radical (unpaired) electrons. The highest BCUT2D eigenvalue weighted by Crippen LogP contribution is 2.30. The van der Waals surface area contributed by atoms with Crippen LogP contribution in [0.5, 0.6) is 11.5 Å². The second-order valence-corrected chi connectivity index (χ2v) is 8.81. The third-order valence-corrected chi connectivity index (χ3v) is 6.41. The summed E-state index contributed by atoms with van der Waals surface area (Å²) in [6.45, 7) is 10.0. The summed E-state index contributed by atoms with van der Waals surface area (Å²) in [6.07, 6.45) is 0. The van der Waals surface area contributed by atoms with Crippen molar-refractivity contribution >= 4 is 17.2 Å². The van der Waals surface area contributed by atoms with Gasteiger partial charge in [0.1, 0.15) is 11.6 Å². The van der Waals surface area contributed by atoms with Gasteiger partial charge in [0.05, 0.1) is 6.61 Å². The monoisotopic (exact) mass is 460 g/mol. The fourth-order valence-electron chi connectivity index (χ4n) is 4.01. The lowest BCUT2D eigenvalue weighted by Crippen LogP contribution is -2.48. The summed E-state index contributed by atoms with van der Waals surface area (Å²) in [5, 5.41) is 0. The third kappa shape index (κ3) is 6.34. The van der Waals surface area contributed by atoms with E-state index in [1.807, 2.05) is 25.1 Å². The average Bonchev–Trinajstić information content (AvgIpc) is 2.85. The highest BCUT2D eigenvalue weighted by molar-refractivity contribution is 7.80. The summed E-state index contributed by atoms with van der Waals surface area (Å²) < 4.78 is 12.0. The maximum absolute atomic E-state index is 6.08. The molecule has 0 aromatic heterocycles. The second-order valence-electron chi connectivity index (χ2n) is 8.42. The largest absolute Gasteiger partial charge is 0.490 e. The summed E-state index contributed by atoms with van der Waals surface area (Å²) in [5.74, 6) is 1.49. The highest BCUT2D eigenvalue weighted by atomic mass is 32.1. The molecule has 0 spiro atoms. The molecule has 5 heteroatoms. The number of hydrogen-bond acceptors (Lipinski definition) is 4. The number of thiocarbonyl (C=S) groups is 1. The predicted molar refractivity (Wildman–Crippen MR) is 138 cm³/mol. The molecule has 0 saturated carbocycles. The molecule has 0 atom stereocenters. The number of piperazine rings is 1. The van der Waals surface area contributed by atoms with Crippen molar-refractivity contribution in [3.05, 3.63) is 95.1 Å². The Hall–Kier alpha value is -2.89. The van der Waals surface area contributed by atoms with Crippen LogP contribution in [-0.4, -0.2) is 47.6 Å². The predicted octanol–water partition coefficient (Wildman–Crippen LogP) is 5.47. The van der Waals surface area contributed by atoms with E-state index in [9.17, 15) is 0 Å². The van der Waals surface area contributed by atoms with Gasteiger partial charge in [0.2, 0.25) is 0 Å². The lowest BCUT2D eigenvalue weighted by atomic mass is 10.1. The van der Waals surface area contributed by atoms with Gasteiger partial charge >= 0.3 is 0 Å². The molecule has 1 aliphatic heterocycles. The molecule has 4 rings (SSSR count). The normalized spacial score (nSPS) is 14.2. The summed E-state index contributed by atoms with van der Waals surface area (Å²) in [7, 11) is 0. The van der Waals surface area contributed by atoms with Crippen LogP contribution < -0.4 is 9.47 Å². The maximum Gasteiger partial charge on any atom is 0.161 e. The Kier molecular flexibility index (Phi) is 7.97. The number of ether oxygens (including phenoxy) is 2. The van der Waals surface area contributed by atoms with Crippen molar-refractivity contribution < 1.29 is 9.47 Å². The van der Waals surface area contributed by atoms with Crippen LogP contribution in [0.4, 0.5) is 0 Å². The van der Waals surface area contributed by atoms with E-state index in [4.69, 9.17) is 21.7 Å². The van der Waals surface area contributed by atoms with Crippen molar-refractivity contribution in [2.75, 3.05) is 32.8 Å². The summed E-state index contributed by atoms with van der Waals surface area (Å²) in [5.41, 5.74) is 4.74. The molecule has 0 N–H and O–H groups in total. The van der Waals surface area contributed by atoms with Gasteiger partial charge in [-0.3, -0.25) is 4.90 Å². The van der Waals surface area contributed by atoms with Crippen LogP contribution >= 0.6 is 12.2 Å². The molecule has 0 amide bonds. The van der Waals surface area contributed by atoms with Crippen LogP contribution in [0.15, 0.2) is 72.8 Å². The lowest BCUT2D eigenvalue weighted by molar-refractivity contribution is 0.177. The minimum Gasteiger partial charge on any atom is -0.490 e. The van der Waals surface area contributed by atoms with Crippen LogP contribution in [0.2, 0.25) is 0 Å². The Balaban J connectivity index is 1.37. The fourth-order valence-corrected chi connectivity index (χ4v) is 4.32. The summed E-state index contributed by atoms with van der Waals surface area (Å²) in [4.78, 5) is 5.66. The van der Waals surface area contributed by atoms with Gasteiger partial charge in [-0.25, -0.2) is 0 Å². The van der Waals surface area contributed by atoms with Crippen LogP contribution in [0.25, 0.3) is 0 Å². The third-order valence-electron chi connectivity index (χ3n) is 5.91. The van der Waals surface area contributed by atoms with Gasteiger partial charge in [-0.05, 0) is 43.2 Å². The minimum atomic E-state index is 0.507. The summed E-state index contributed by atoms with van der Waals surface area (Å²) in [6, 6.07) is 25.1. The number of hydrogen-bond donors (Lipinski definition) is 0. The molecule has 0 aliphatic carbocycles. The molecule has 33 heavy (non-hydrogen) atoms. The van der Waals surface area contributed by atoms with Gasteiger partial charge in [-0.1, -0.05) is 72.4 Å². The number of nitrogens with zero attached hydrogens (tertiary/aromatic N) is 2. The minimum absolute atomic E-state index is 0.507. The van der Waals surface area contributed by atoms with E-state index in [-0.39, 0.29) is 0 Å². The molecule has 0 unspecified atom stereocenters. The van der Waals surface area contributed by atoms with E-state index >= 15 is 0 Å². The van der Waals surface area contributed by atoms with Gasteiger partial charge < -0.3 is 14.4 Å². The van der Waals surface area contributed by atoms with Crippen LogP contribution in [0.1, 0.15) is 29.2 Å². The molecule has 1 saturated heterocycles.